The fourth-order valence-electron chi connectivity index (χ4n) is 1.94. The van der Waals surface area contributed by atoms with Crippen LogP contribution in [0.25, 0.3) is 0 Å². The Bertz CT molecular complexity index is 508. The van der Waals surface area contributed by atoms with Gasteiger partial charge in [-0.3, -0.25) is 4.68 Å². The maximum absolute atomic E-state index is 10.4. The van der Waals surface area contributed by atoms with Crippen molar-refractivity contribution in [3.63, 3.8) is 0 Å². The van der Waals surface area contributed by atoms with Crippen molar-refractivity contribution >= 4 is 0 Å². The molecule has 0 saturated heterocycles. The first-order valence-corrected chi connectivity index (χ1v) is 6.09. The number of aliphatic hydroxyl groups is 1. The predicted molar refractivity (Wildman–Crippen MR) is 69.6 cm³/mol. The topological polar surface area (TPSA) is 47.3 Å². The van der Waals surface area contributed by atoms with E-state index in [9.17, 15) is 5.11 Å². The highest BCUT2D eigenvalue weighted by atomic mass is 16.5. The van der Waals surface area contributed by atoms with E-state index in [1.165, 1.54) is 0 Å². The molecular formula is C14H18N2O2. The molecule has 18 heavy (non-hydrogen) atoms. The SMILES string of the molecule is CCCn1cc(C(O)c2ccccc2OC)cn1. The van der Waals surface area contributed by atoms with Gasteiger partial charge in [-0.1, -0.05) is 25.1 Å². The molecule has 1 heterocycles. The van der Waals surface area contributed by atoms with Crippen LogP contribution in [-0.4, -0.2) is 22.0 Å². The Morgan fingerprint density at radius 1 is 1.39 bits per heavy atom. The first-order valence-electron chi connectivity index (χ1n) is 6.09. The van der Waals surface area contributed by atoms with Crippen molar-refractivity contribution in [3.8, 4) is 5.75 Å². The summed E-state index contributed by atoms with van der Waals surface area (Å²) in [5.41, 5.74) is 1.55. The van der Waals surface area contributed by atoms with Crippen LogP contribution in [0.15, 0.2) is 36.7 Å². The average molecular weight is 246 g/mol. The molecule has 1 unspecified atom stereocenters. The van der Waals surface area contributed by atoms with Crippen LogP contribution in [0.1, 0.15) is 30.6 Å². The number of aliphatic hydroxyl groups excluding tert-OH is 1. The zero-order valence-electron chi connectivity index (χ0n) is 10.7. The maximum Gasteiger partial charge on any atom is 0.125 e. The number of nitrogens with zero attached hydrogens (tertiary/aromatic N) is 2. The lowest BCUT2D eigenvalue weighted by atomic mass is 10.0. The van der Waals surface area contributed by atoms with Gasteiger partial charge in [0.15, 0.2) is 0 Å². The largest absolute Gasteiger partial charge is 0.496 e. The van der Waals surface area contributed by atoms with E-state index in [2.05, 4.69) is 12.0 Å². The number of ether oxygens (including phenoxy) is 1. The Hall–Kier alpha value is -1.81. The Balaban J connectivity index is 2.26. The Morgan fingerprint density at radius 3 is 2.89 bits per heavy atom. The zero-order chi connectivity index (χ0) is 13.0. The molecule has 1 aromatic heterocycles. The molecule has 2 rings (SSSR count). The van der Waals surface area contributed by atoms with Gasteiger partial charge >= 0.3 is 0 Å². The van der Waals surface area contributed by atoms with E-state index in [0.717, 1.165) is 24.1 Å². The van der Waals surface area contributed by atoms with Gasteiger partial charge in [0, 0.05) is 23.9 Å². The summed E-state index contributed by atoms with van der Waals surface area (Å²) in [5, 5.41) is 14.6. The van der Waals surface area contributed by atoms with E-state index >= 15 is 0 Å². The van der Waals surface area contributed by atoms with Crippen LogP contribution in [0.2, 0.25) is 0 Å². The number of hydrogen-bond acceptors (Lipinski definition) is 3. The summed E-state index contributed by atoms with van der Waals surface area (Å²) >= 11 is 0. The minimum absolute atomic E-state index is 0.688. The minimum Gasteiger partial charge on any atom is -0.496 e. The van der Waals surface area contributed by atoms with Gasteiger partial charge in [0.2, 0.25) is 0 Å². The molecule has 0 saturated carbocycles. The normalized spacial score (nSPS) is 12.4. The second-order valence-electron chi connectivity index (χ2n) is 4.18. The molecule has 0 spiro atoms. The molecule has 0 radical (unpaired) electrons. The van der Waals surface area contributed by atoms with E-state index in [1.54, 1.807) is 13.3 Å². The molecule has 1 atom stereocenters. The van der Waals surface area contributed by atoms with Crippen LogP contribution in [0.4, 0.5) is 0 Å². The molecule has 2 aromatic rings. The number of aromatic nitrogens is 2. The van der Waals surface area contributed by atoms with Crippen molar-refractivity contribution in [1.82, 2.24) is 9.78 Å². The highest BCUT2D eigenvalue weighted by Gasteiger charge is 2.16. The van der Waals surface area contributed by atoms with Crippen LogP contribution in [0, 0.1) is 0 Å². The van der Waals surface area contributed by atoms with Gasteiger partial charge in [-0.2, -0.15) is 5.10 Å². The first kappa shape index (κ1) is 12.6. The standard InChI is InChI=1S/C14H18N2O2/c1-3-8-16-10-11(9-15-16)14(17)12-6-4-5-7-13(12)18-2/h4-7,9-10,14,17H,3,8H2,1-2H3. The van der Waals surface area contributed by atoms with Gasteiger partial charge in [0.05, 0.1) is 13.3 Å². The van der Waals surface area contributed by atoms with E-state index < -0.39 is 6.10 Å². The number of benzene rings is 1. The van der Waals surface area contributed by atoms with Crippen molar-refractivity contribution in [3.05, 3.63) is 47.8 Å². The van der Waals surface area contributed by atoms with Crippen LogP contribution < -0.4 is 4.74 Å². The average Bonchev–Trinajstić information content (AvgIpc) is 2.87. The third-order valence-electron chi connectivity index (χ3n) is 2.86. The van der Waals surface area contributed by atoms with Crippen molar-refractivity contribution < 1.29 is 9.84 Å². The summed E-state index contributed by atoms with van der Waals surface area (Å²) < 4.78 is 7.10. The molecule has 0 bridgehead atoms. The summed E-state index contributed by atoms with van der Waals surface area (Å²) in [5.74, 6) is 0.688. The van der Waals surface area contributed by atoms with Crippen molar-refractivity contribution in [2.24, 2.45) is 0 Å². The molecule has 0 aliphatic heterocycles. The number of methoxy groups -OCH3 is 1. The van der Waals surface area contributed by atoms with Gasteiger partial charge in [0.1, 0.15) is 11.9 Å². The molecule has 0 fully saturated rings. The Labute approximate surface area is 107 Å². The summed E-state index contributed by atoms with van der Waals surface area (Å²) in [6.07, 6.45) is 3.89. The van der Waals surface area contributed by atoms with Gasteiger partial charge in [-0.25, -0.2) is 0 Å². The molecule has 96 valence electrons. The minimum atomic E-state index is -0.702. The monoisotopic (exact) mass is 246 g/mol. The Morgan fingerprint density at radius 2 is 2.17 bits per heavy atom. The molecule has 1 aromatic carbocycles. The van der Waals surface area contributed by atoms with E-state index in [-0.39, 0.29) is 0 Å². The molecule has 4 nitrogen and oxygen atoms in total. The molecule has 0 aliphatic carbocycles. The summed E-state index contributed by atoms with van der Waals surface area (Å²) in [6.45, 7) is 2.96. The summed E-state index contributed by atoms with van der Waals surface area (Å²) in [7, 11) is 1.60. The number of hydrogen-bond donors (Lipinski definition) is 1. The smallest absolute Gasteiger partial charge is 0.125 e. The molecule has 1 N–H and O–H groups in total. The fraction of sp³-hybridized carbons (Fsp3) is 0.357. The van der Waals surface area contributed by atoms with Crippen molar-refractivity contribution in [1.29, 1.82) is 0 Å². The fourth-order valence-corrected chi connectivity index (χ4v) is 1.94. The summed E-state index contributed by atoms with van der Waals surface area (Å²) in [6, 6.07) is 7.47. The van der Waals surface area contributed by atoms with E-state index in [4.69, 9.17) is 4.74 Å². The quantitative estimate of drug-likeness (QED) is 0.881. The van der Waals surface area contributed by atoms with Gasteiger partial charge in [0.25, 0.3) is 0 Å². The zero-order valence-corrected chi connectivity index (χ0v) is 10.7. The Kier molecular flexibility index (Phi) is 3.99. The predicted octanol–water partition coefficient (Wildman–Crippen LogP) is 2.38. The lowest BCUT2D eigenvalue weighted by molar-refractivity contribution is 0.214. The van der Waals surface area contributed by atoms with Crippen molar-refractivity contribution in [2.45, 2.75) is 26.0 Å². The van der Waals surface area contributed by atoms with Gasteiger partial charge in [-0.05, 0) is 12.5 Å². The molecule has 0 aliphatic rings. The van der Waals surface area contributed by atoms with Crippen LogP contribution >= 0.6 is 0 Å². The highest BCUT2D eigenvalue weighted by Crippen LogP contribution is 2.29. The second-order valence-corrected chi connectivity index (χ2v) is 4.18. The lowest BCUT2D eigenvalue weighted by Crippen LogP contribution is -2.01. The van der Waals surface area contributed by atoms with Crippen molar-refractivity contribution in [2.75, 3.05) is 7.11 Å². The molecule has 4 heteroatoms. The van der Waals surface area contributed by atoms with E-state index in [1.807, 2.05) is 35.1 Å². The number of rotatable bonds is 5. The van der Waals surface area contributed by atoms with E-state index in [0.29, 0.717) is 5.75 Å². The van der Waals surface area contributed by atoms with Crippen LogP contribution in [-0.2, 0) is 6.54 Å². The maximum atomic E-state index is 10.4. The van der Waals surface area contributed by atoms with Gasteiger partial charge in [-0.15, -0.1) is 0 Å². The van der Waals surface area contributed by atoms with Crippen LogP contribution in [0.3, 0.4) is 0 Å². The van der Waals surface area contributed by atoms with Crippen LogP contribution in [0.5, 0.6) is 5.75 Å². The second kappa shape index (κ2) is 5.69. The first-order chi connectivity index (χ1) is 8.76. The number of aryl methyl sites for hydroxylation is 1. The number of para-hydroxylation sites is 1. The third-order valence-corrected chi connectivity index (χ3v) is 2.86. The lowest BCUT2D eigenvalue weighted by Gasteiger charge is -2.12. The molecule has 0 amide bonds. The molecular weight excluding hydrogens is 228 g/mol. The van der Waals surface area contributed by atoms with Gasteiger partial charge < -0.3 is 9.84 Å². The third kappa shape index (κ3) is 2.54. The highest BCUT2D eigenvalue weighted by molar-refractivity contribution is 5.39. The summed E-state index contributed by atoms with van der Waals surface area (Å²) in [4.78, 5) is 0.